The molecule has 2 heterocycles. The molecule has 4 nitrogen and oxygen atoms in total. The van der Waals surface area contributed by atoms with Gasteiger partial charge < -0.3 is 4.42 Å². The summed E-state index contributed by atoms with van der Waals surface area (Å²) < 4.78 is 6.69. The van der Waals surface area contributed by atoms with Crippen molar-refractivity contribution in [2.75, 3.05) is 0 Å². The van der Waals surface area contributed by atoms with E-state index in [1.54, 1.807) is 0 Å². The summed E-state index contributed by atoms with van der Waals surface area (Å²) in [4.78, 5) is 15.3. The van der Waals surface area contributed by atoms with Gasteiger partial charge in [0.25, 0.3) is 0 Å². The Morgan fingerprint density at radius 3 is 1.96 bits per heavy atom. The maximum atomic E-state index is 6.69. The van der Waals surface area contributed by atoms with Crippen molar-refractivity contribution in [3.63, 3.8) is 0 Å². The molecule has 4 heteroatoms. The minimum absolute atomic E-state index is 0.614. The fourth-order valence-electron chi connectivity index (χ4n) is 7.43. The second-order valence-electron chi connectivity index (χ2n) is 13.1. The zero-order valence-corrected chi connectivity index (χ0v) is 27.8. The molecule has 1 aliphatic carbocycles. The Bertz CT molecular complexity index is 2800. The number of para-hydroxylation sites is 1. The van der Waals surface area contributed by atoms with Crippen LogP contribution in [0.5, 0.6) is 0 Å². The van der Waals surface area contributed by atoms with Gasteiger partial charge in [-0.05, 0) is 69.6 Å². The monoisotopic (exact) mass is 653 g/mol. The van der Waals surface area contributed by atoms with E-state index < -0.39 is 0 Å². The molecule has 7 aromatic carbocycles. The predicted molar refractivity (Wildman–Crippen MR) is 209 cm³/mol. The number of fused-ring (bicyclic) bond motifs is 5. The second-order valence-corrected chi connectivity index (χ2v) is 13.1. The third-order valence-corrected chi connectivity index (χ3v) is 10.1. The summed E-state index contributed by atoms with van der Waals surface area (Å²) in [5.74, 6) is 1.87. The first-order chi connectivity index (χ1) is 25.2. The van der Waals surface area contributed by atoms with E-state index in [1.165, 1.54) is 33.0 Å². The number of allylic oxidation sites excluding steroid dienone is 1. The van der Waals surface area contributed by atoms with Crippen LogP contribution in [0.3, 0.4) is 0 Å². The number of rotatable bonds is 5. The molecule has 0 aliphatic heterocycles. The van der Waals surface area contributed by atoms with E-state index in [4.69, 9.17) is 19.4 Å². The highest BCUT2D eigenvalue weighted by atomic mass is 16.3. The molecule has 0 radical (unpaired) electrons. The lowest BCUT2D eigenvalue weighted by Gasteiger charge is -2.17. The van der Waals surface area contributed by atoms with Gasteiger partial charge in [-0.25, -0.2) is 15.0 Å². The number of nitrogens with zero attached hydrogens (tertiary/aromatic N) is 3. The van der Waals surface area contributed by atoms with Gasteiger partial charge in [-0.3, -0.25) is 0 Å². The molecule has 0 fully saturated rings. The maximum Gasteiger partial charge on any atom is 0.164 e. The fraction of sp³-hybridized carbons (Fsp3) is 0.0426. The first kappa shape index (κ1) is 29.3. The molecule has 10 rings (SSSR count). The number of benzene rings is 7. The minimum atomic E-state index is 0.614. The van der Waals surface area contributed by atoms with Crippen LogP contribution in [0.15, 0.2) is 162 Å². The lowest BCUT2D eigenvalue weighted by molar-refractivity contribution is 0.667. The van der Waals surface area contributed by atoms with Crippen molar-refractivity contribution < 1.29 is 4.42 Å². The van der Waals surface area contributed by atoms with Crippen molar-refractivity contribution in [2.45, 2.75) is 12.8 Å². The van der Waals surface area contributed by atoms with Gasteiger partial charge >= 0.3 is 0 Å². The molecular weight excluding hydrogens is 623 g/mol. The van der Waals surface area contributed by atoms with Gasteiger partial charge in [0, 0.05) is 33.0 Å². The molecule has 0 unspecified atom stereocenters. The molecule has 240 valence electrons. The van der Waals surface area contributed by atoms with E-state index in [0.29, 0.717) is 17.5 Å². The zero-order chi connectivity index (χ0) is 33.7. The van der Waals surface area contributed by atoms with Crippen molar-refractivity contribution in [3.05, 3.63) is 174 Å². The van der Waals surface area contributed by atoms with E-state index >= 15 is 0 Å². The van der Waals surface area contributed by atoms with Gasteiger partial charge in [0.2, 0.25) is 0 Å². The number of aromatic nitrogens is 3. The minimum Gasteiger partial charge on any atom is -0.455 e. The van der Waals surface area contributed by atoms with E-state index in [-0.39, 0.29) is 0 Å². The quantitative estimate of drug-likeness (QED) is 0.185. The topological polar surface area (TPSA) is 51.8 Å². The summed E-state index contributed by atoms with van der Waals surface area (Å²) in [6.07, 6.45) is 4.27. The fourth-order valence-corrected chi connectivity index (χ4v) is 7.43. The Kier molecular flexibility index (Phi) is 6.91. The molecule has 0 saturated heterocycles. The summed E-state index contributed by atoms with van der Waals surface area (Å²) in [7, 11) is 0. The average Bonchev–Trinajstić information content (AvgIpc) is 3.60. The van der Waals surface area contributed by atoms with Crippen LogP contribution in [0.1, 0.15) is 23.1 Å². The standard InChI is InChI=1S/C47H31N3O/c1-2-12-33(13-3-1)45-48-46(34-22-18-32(19-23-34)37-24-20-30-10-4-6-14-35(30)28-37)50-47(49-45)41-27-26-39(38-25-21-31-11-5-7-15-36(31)29-38)44-43(41)40-16-8-9-17-42(40)51-44/h1-20,22-24,26-29H,21,25H2. The second kappa shape index (κ2) is 12.0. The van der Waals surface area contributed by atoms with Crippen molar-refractivity contribution in [2.24, 2.45) is 0 Å². The number of aryl methyl sites for hydroxylation is 1. The van der Waals surface area contributed by atoms with E-state index in [9.17, 15) is 0 Å². The predicted octanol–water partition coefficient (Wildman–Crippen LogP) is 12.1. The Labute approximate surface area is 295 Å². The molecule has 0 saturated carbocycles. The smallest absolute Gasteiger partial charge is 0.164 e. The van der Waals surface area contributed by atoms with Crippen LogP contribution in [0.2, 0.25) is 0 Å². The summed E-state index contributed by atoms with van der Waals surface area (Å²) in [5, 5.41) is 4.52. The molecule has 2 aromatic heterocycles. The van der Waals surface area contributed by atoms with Gasteiger partial charge in [-0.15, -0.1) is 0 Å². The molecule has 0 bridgehead atoms. The first-order valence-corrected chi connectivity index (χ1v) is 17.4. The maximum absolute atomic E-state index is 6.69. The Morgan fingerprint density at radius 1 is 0.451 bits per heavy atom. The molecule has 0 N–H and O–H groups in total. The first-order valence-electron chi connectivity index (χ1n) is 17.4. The molecule has 0 spiro atoms. The van der Waals surface area contributed by atoms with Crippen LogP contribution in [0.4, 0.5) is 0 Å². The number of furan rings is 1. The van der Waals surface area contributed by atoms with Crippen LogP contribution in [-0.4, -0.2) is 15.0 Å². The molecule has 9 aromatic rings. The van der Waals surface area contributed by atoms with Crippen molar-refractivity contribution >= 4 is 44.4 Å². The van der Waals surface area contributed by atoms with E-state index in [2.05, 4.69) is 121 Å². The third kappa shape index (κ3) is 5.20. The molecule has 0 atom stereocenters. The van der Waals surface area contributed by atoms with E-state index in [1.807, 2.05) is 42.5 Å². The molecule has 0 amide bonds. The van der Waals surface area contributed by atoms with Crippen molar-refractivity contribution in [1.82, 2.24) is 15.0 Å². The van der Waals surface area contributed by atoms with Gasteiger partial charge in [0.1, 0.15) is 11.2 Å². The molecular formula is C47H31N3O. The normalized spacial score (nSPS) is 12.7. The largest absolute Gasteiger partial charge is 0.455 e. The van der Waals surface area contributed by atoms with Crippen LogP contribution >= 0.6 is 0 Å². The zero-order valence-electron chi connectivity index (χ0n) is 27.8. The van der Waals surface area contributed by atoms with Crippen LogP contribution in [0.25, 0.3) is 89.7 Å². The van der Waals surface area contributed by atoms with Crippen molar-refractivity contribution in [3.8, 4) is 45.3 Å². The Morgan fingerprint density at radius 2 is 1.10 bits per heavy atom. The lowest BCUT2D eigenvalue weighted by Crippen LogP contribution is -2.01. The molecule has 51 heavy (non-hydrogen) atoms. The van der Waals surface area contributed by atoms with Gasteiger partial charge in [0.05, 0.1) is 0 Å². The summed E-state index contributed by atoms with van der Waals surface area (Å²) >= 11 is 0. The van der Waals surface area contributed by atoms with E-state index in [0.717, 1.165) is 62.6 Å². The Balaban J connectivity index is 1.13. The summed E-state index contributed by atoms with van der Waals surface area (Å²) in [5.41, 5.74) is 11.9. The third-order valence-electron chi connectivity index (χ3n) is 10.1. The summed E-state index contributed by atoms with van der Waals surface area (Å²) in [6.45, 7) is 0. The lowest BCUT2D eigenvalue weighted by atomic mass is 9.87. The van der Waals surface area contributed by atoms with Crippen molar-refractivity contribution in [1.29, 1.82) is 0 Å². The van der Waals surface area contributed by atoms with Gasteiger partial charge in [-0.2, -0.15) is 0 Å². The van der Waals surface area contributed by atoms with Crippen LogP contribution in [0, 0.1) is 0 Å². The SMILES string of the molecule is C1=C(c2ccc(-c3nc(-c4ccccc4)nc(-c4ccc(-c5ccc6ccccc6c5)cc4)n3)c3c2oc2ccccc23)CCc2ccccc21. The average molecular weight is 654 g/mol. The summed E-state index contributed by atoms with van der Waals surface area (Å²) in [6, 6.07) is 55.0. The highest BCUT2D eigenvalue weighted by molar-refractivity contribution is 6.15. The number of hydrogen-bond donors (Lipinski definition) is 0. The van der Waals surface area contributed by atoms with Crippen LogP contribution in [-0.2, 0) is 6.42 Å². The Hall–Kier alpha value is -6.65. The van der Waals surface area contributed by atoms with Gasteiger partial charge in [0.15, 0.2) is 17.5 Å². The van der Waals surface area contributed by atoms with Crippen LogP contribution < -0.4 is 0 Å². The van der Waals surface area contributed by atoms with Gasteiger partial charge in [-0.1, -0.05) is 146 Å². The number of hydrogen-bond acceptors (Lipinski definition) is 4. The highest BCUT2D eigenvalue weighted by Gasteiger charge is 2.22. The molecule has 1 aliphatic rings. The highest BCUT2D eigenvalue weighted by Crippen LogP contribution is 2.42.